The highest BCUT2D eigenvalue weighted by molar-refractivity contribution is 6.04. The van der Waals surface area contributed by atoms with E-state index < -0.39 is 17.7 Å². The van der Waals surface area contributed by atoms with Gasteiger partial charge in [-0.3, -0.25) is 0 Å². The third-order valence-corrected chi connectivity index (χ3v) is 4.54. The molecule has 2 aromatic carbocycles. The van der Waals surface area contributed by atoms with Gasteiger partial charge >= 0.3 is 12.1 Å². The van der Waals surface area contributed by atoms with Gasteiger partial charge in [-0.25, -0.2) is 9.59 Å². The first-order valence-corrected chi connectivity index (χ1v) is 9.06. The zero-order valence-corrected chi connectivity index (χ0v) is 16.2. The van der Waals surface area contributed by atoms with Crippen molar-refractivity contribution in [3.05, 3.63) is 53.6 Å². The molecule has 0 spiro atoms. The molecule has 0 atom stereocenters. The van der Waals surface area contributed by atoms with Crippen LogP contribution in [0.5, 0.6) is 0 Å². The van der Waals surface area contributed by atoms with E-state index in [0.717, 1.165) is 21.9 Å². The number of rotatable bonds is 2. The van der Waals surface area contributed by atoms with Crippen molar-refractivity contribution < 1.29 is 19.1 Å². The second kappa shape index (κ2) is 7.43. The predicted molar refractivity (Wildman–Crippen MR) is 105 cm³/mol. The quantitative estimate of drug-likeness (QED) is 0.738. The normalized spacial score (nSPS) is 15.0. The lowest BCUT2D eigenvalue weighted by Crippen LogP contribution is -2.41. The number of ether oxygens (including phenoxy) is 2. The van der Waals surface area contributed by atoms with Crippen molar-refractivity contribution in [2.24, 2.45) is 0 Å². The first-order valence-electron chi connectivity index (χ1n) is 9.06. The van der Waals surface area contributed by atoms with Crippen molar-refractivity contribution in [3.63, 3.8) is 0 Å². The maximum atomic E-state index is 12.5. The van der Waals surface area contributed by atoms with E-state index in [4.69, 9.17) is 9.47 Å². The van der Waals surface area contributed by atoms with Crippen molar-refractivity contribution in [2.45, 2.75) is 32.8 Å². The highest BCUT2D eigenvalue weighted by atomic mass is 16.6. The van der Waals surface area contributed by atoms with E-state index in [9.17, 15) is 9.59 Å². The van der Waals surface area contributed by atoms with E-state index in [0.29, 0.717) is 18.5 Å². The van der Waals surface area contributed by atoms with Crippen molar-refractivity contribution in [3.8, 4) is 0 Å². The molecule has 0 saturated heterocycles. The maximum absolute atomic E-state index is 12.5. The number of esters is 1. The fourth-order valence-electron chi connectivity index (χ4n) is 3.34. The van der Waals surface area contributed by atoms with Crippen LogP contribution in [-0.2, 0) is 14.3 Å². The molecule has 142 valence electrons. The van der Waals surface area contributed by atoms with Crippen molar-refractivity contribution in [2.75, 3.05) is 20.2 Å². The summed E-state index contributed by atoms with van der Waals surface area (Å²) < 4.78 is 10.5. The summed E-state index contributed by atoms with van der Waals surface area (Å²) in [5.41, 5.74) is 1.86. The number of amides is 1. The fraction of sp³-hybridized carbons (Fsp3) is 0.364. The Morgan fingerprint density at radius 2 is 1.74 bits per heavy atom. The molecule has 1 aliphatic rings. The Morgan fingerprint density at radius 3 is 2.44 bits per heavy atom. The Labute approximate surface area is 159 Å². The van der Waals surface area contributed by atoms with Gasteiger partial charge in [0.05, 0.1) is 19.2 Å². The molecule has 1 amide bonds. The van der Waals surface area contributed by atoms with Crippen LogP contribution < -0.4 is 0 Å². The molecule has 0 unspecified atom stereocenters. The van der Waals surface area contributed by atoms with Crippen molar-refractivity contribution >= 4 is 28.4 Å². The lowest BCUT2D eigenvalue weighted by Gasteiger charge is -2.32. The minimum atomic E-state index is -0.581. The zero-order chi connectivity index (χ0) is 19.6. The van der Waals surface area contributed by atoms with Crippen molar-refractivity contribution in [1.82, 2.24) is 4.90 Å². The molecule has 0 fully saturated rings. The van der Waals surface area contributed by atoms with Crippen LogP contribution in [0, 0.1) is 0 Å². The van der Waals surface area contributed by atoms with Gasteiger partial charge in [0, 0.05) is 6.54 Å². The Kier molecular flexibility index (Phi) is 5.22. The van der Waals surface area contributed by atoms with Crippen LogP contribution in [0.2, 0.25) is 0 Å². The van der Waals surface area contributed by atoms with Crippen molar-refractivity contribution in [1.29, 1.82) is 0 Å². The molecular formula is C22H25NO4. The van der Waals surface area contributed by atoms with Gasteiger partial charge in [0.1, 0.15) is 5.60 Å². The summed E-state index contributed by atoms with van der Waals surface area (Å²) >= 11 is 0. The SMILES string of the molecule is COC(=O)C1=C(c2cccc3ccccc23)CCN(C(=O)OC(C)(C)C)C1. The number of hydrogen-bond donors (Lipinski definition) is 0. The molecule has 27 heavy (non-hydrogen) atoms. The van der Waals surface area contributed by atoms with E-state index in [1.54, 1.807) is 4.90 Å². The number of carbonyl (C=O) groups excluding carboxylic acids is 2. The summed E-state index contributed by atoms with van der Waals surface area (Å²) in [5.74, 6) is -0.411. The standard InChI is InChI=1S/C22H25NO4/c1-22(2,3)27-21(25)23-13-12-18(19(14-23)20(24)26-4)17-11-7-9-15-8-5-6-10-16(15)17/h5-11H,12-14H2,1-4H3. The molecule has 0 saturated carbocycles. The molecule has 1 aliphatic heterocycles. The second-order valence-electron chi connectivity index (χ2n) is 7.63. The monoisotopic (exact) mass is 367 g/mol. The van der Waals surface area contributed by atoms with E-state index in [1.807, 2.05) is 63.2 Å². The third-order valence-electron chi connectivity index (χ3n) is 4.54. The van der Waals surface area contributed by atoms with E-state index in [-0.39, 0.29) is 6.54 Å². The molecule has 0 N–H and O–H groups in total. The molecule has 3 rings (SSSR count). The van der Waals surface area contributed by atoms with Crippen LogP contribution in [0.3, 0.4) is 0 Å². The number of methoxy groups -OCH3 is 1. The molecule has 5 heteroatoms. The summed E-state index contributed by atoms with van der Waals surface area (Å²) in [7, 11) is 1.36. The zero-order valence-electron chi connectivity index (χ0n) is 16.2. The Bertz CT molecular complexity index is 903. The molecule has 0 aromatic heterocycles. The number of fused-ring (bicyclic) bond motifs is 1. The smallest absolute Gasteiger partial charge is 0.410 e. The molecule has 0 aliphatic carbocycles. The van der Waals surface area contributed by atoms with E-state index in [2.05, 4.69) is 0 Å². The lowest BCUT2D eigenvalue weighted by atomic mass is 9.90. The first-order chi connectivity index (χ1) is 12.8. The molecule has 5 nitrogen and oxygen atoms in total. The van der Waals surface area contributed by atoms with Gasteiger partial charge in [-0.1, -0.05) is 42.5 Å². The summed E-state index contributed by atoms with van der Waals surface area (Å²) in [6, 6.07) is 14.1. The Morgan fingerprint density at radius 1 is 1.04 bits per heavy atom. The molecule has 0 radical (unpaired) electrons. The topological polar surface area (TPSA) is 55.8 Å². The van der Waals surface area contributed by atoms with E-state index in [1.165, 1.54) is 7.11 Å². The van der Waals surface area contributed by atoms with Gasteiger partial charge in [-0.15, -0.1) is 0 Å². The summed E-state index contributed by atoms with van der Waals surface area (Å²) in [6.07, 6.45) is 0.151. The van der Waals surface area contributed by atoms with Gasteiger partial charge in [0.2, 0.25) is 0 Å². The Balaban J connectivity index is 2.02. The average Bonchev–Trinajstić information content (AvgIpc) is 2.65. The summed E-state index contributed by atoms with van der Waals surface area (Å²) in [6.45, 7) is 6.16. The molecular weight excluding hydrogens is 342 g/mol. The molecule has 1 heterocycles. The number of carbonyl (C=O) groups is 2. The maximum Gasteiger partial charge on any atom is 0.410 e. The number of nitrogens with zero attached hydrogens (tertiary/aromatic N) is 1. The van der Waals surface area contributed by atoms with Crippen LogP contribution >= 0.6 is 0 Å². The fourth-order valence-corrected chi connectivity index (χ4v) is 3.34. The van der Waals surface area contributed by atoms with Crippen LogP contribution in [0.1, 0.15) is 32.8 Å². The predicted octanol–water partition coefficient (Wildman–Crippen LogP) is 4.41. The summed E-state index contributed by atoms with van der Waals surface area (Å²) in [4.78, 5) is 26.5. The van der Waals surface area contributed by atoms with Crippen LogP contribution in [-0.4, -0.2) is 42.8 Å². The van der Waals surface area contributed by atoms with Crippen LogP contribution in [0.15, 0.2) is 48.0 Å². The lowest BCUT2D eigenvalue weighted by molar-refractivity contribution is -0.136. The molecule has 0 bridgehead atoms. The first kappa shape index (κ1) is 19.0. The van der Waals surface area contributed by atoms with Crippen LogP contribution in [0.4, 0.5) is 4.79 Å². The van der Waals surface area contributed by atoms with Crippen LogP contribution in [0.25, 0.3) is 16.3 Å². The van der Waals surface area contributed by atoms with Gasteiger partial charge in [0.15, 0.2) is 0 Å². The van der Waals surface area contributed by atoms with Gasteiger partial charge in [0.25, 0.3) is 0 Å². The van der Waals surface area contributed by atoms with Gasteiger partial charge in [-0.05, 0) is 49.1 Å². The number of benzene rings is 2. The minimum absolute atomic E-state index is 0.181. The number of hydrogen-bond acceptors (Lipinski definition) is 4. The highest BCUT2D eigenvalue weighted by Gasteiger charge is 2.31. The second-order valence-corrected chi connectivity index (χ2v) is 7.63. The van der Waals surface area contributed by atoms with Gasteiger partial charge < -0.3 is 14.4 Å². The summed E-state index contributed by atoms with van der Waals surface area (Å²) in [5, 5.41) is 2.20. The average molecular weight is 367 g/mol. The minimum Gasteiger partial charge on any atom is -0.466 e. The molecule has 2 aromatic rings. The van der Waals surface area contributed by atoms with E-state index >= 15 is 0 Å². The highest BCUT2D eigenvalue weighted by Crippen LogP contribution is 2.33. The third kappa shape index (κ3) is 4.13. The largest absolute Gasteiger partial charge is 0.466 e. The Hall–Kier alpha value is -2.82. The van der Waals surface area contributed by atoms with Gasteiger partial charge in [-0.2, -0.15) is 0 Å².